The van der Waals surface area contributed by atoms with E-state index in [0.29, 0.717) is 0 Å². The highest BCUT2D eigenvalue weighted by Gasteiger charge is 2.02. The predicted octanol–water partition coefficient (Wildman–Crippen LogP) is 5.21. The summed E-state index contributed by atoms with van der Waals surface area (Å²) >= 11 is 0. The molecular formula is C20H24. The molecule has 0 nitrogen and oxygen atoms in total. The van der Waals surface area contributed by atoms with Crippen LogP contribution in [-0.4, -0.2) is 0 Å². The van der Waals surface area contributed by atoms with Gasteiger partial charge in [0.25, 0.3) is 0 Å². The van der Waals surface area contributed by atoms with E-state index < -0.39 is 0 Å². The number of hydrogen-bond acceptors (Lipinski definition) is 0. The number of aryl methyl sites for hydroxylation is 4. The summed E-state index contributed by atoms with van der Waals surface area (Å²) < 4.78 is 0. The molecule has 0 amide bonds. The Hall–Kier alpha value is -1.82. The normalized spacial score (nSPS) is 10.6. The number of allylic oxidation sites excluding steroid dienone is 1. The minimum atomic E-state index is 0.990. The first-order valence-electron chi connectivity index (χ1n) is 7.33. The fraction of sp³-hybridized carbons (Fsp3) is 0.300. The van der Waals surface area contributed by atoms with Crippen LogP contribution in [0.5, 0.6) is 0 Å². The van der Waals surface area contributed by atoms with Crippen molar-refractivity contribution in [2.24, 2.45) is 0 Å². The molecule has 0 heteroatoms. The maximum absolute atomic E-state index is 4.02. The topological polar surface area (TPSA) is 0 Å². The molecule has 2 aromatic rings. The summed E-state index contributed by atoms with van der Waals surface area (Å²) in [6, 6.07) is 15.7. The van der Waals surface area contributed by atoms with E-state index in [-0.39, 0.29) is 0 Å². The van der Waals surface area contributed by atoms with E-state index in [1.807, 2.05) is 0 Å². The largest absolute Gasteiger partial charge is 0.0998 e. The molecule has 0 saturated heterocycles. The highest BCUT2D eigenvalue weighted by atomic mass is 14.1. The average molecular weight is 264 g/mol. The SMILES string of the molecule is C=C(C)Cc1cc(CCc2ccc(C)cc2)ccc1C. The molecule has 2 aromatic carbocycles. The van der Waals surface area contributed by atoms with Gasteiger partial charge in [-0.3, -0.25) is 0 Å². The first-order valence-corrected chi connectivity index (χ1v) is 7.33. The van der Waals surface area contributed by atoms with Gasteiger partial charge < -0.3 is 0 Å². The van der Waals surface area contributed by atoms with Crippen molar-refractivity contribution in [1.29, 1.82) is 0 Å². The number of rotatable bonds is 5. The van der Waals surface area contributed by atoms with Crippen LogP contribution in [0.25, 0.3) is 0 Å². The van der Waals surface area contributed by atoms with Crippen LogP contribution in [-0.2, 0) is 19.3 Å². The molecule has 0 atom stereocenters. The molecule has 0 unspecified atom stereocenters. The molecule has 0 heterocycles. The van der Waals surface area contributed by atoms with Crippen LogP contribution in [0.1, 0.15) is 34.7 Å². The van der Waals surface area contributed by atoms with E-state index in [1.54, 1.807) is 0 Å². The van der Waals surface area contributed by atoms with Gasteiger partial charge in [0.15, 0.2) is 0 Å². The maximum Gasteiger partial charge on any atom is -0.00699 e. The summed E-state index contributed by atoms with van der Waals surface area (Å²) in [6.07, 6.45) is 3.20. The Balaban J connectivity index is 2.06. The summed E-state index contributed by atoms with van der Waals surface area (Å²) in [5.74, 6) is 0. The summed E-state index contributed by atoms with van der Waals surface area (Å²) in [6.45, 7) is 10.4. The molecule has 20 heavy (non-hydrogen) atoms. The van der Waals surface area contributed by atoms with Crippen LogP contribution in [0.3, 0.4) is 0 Å². The van der Waals surface area contributed by atoms with E-state index in [4.69, 9.17) is 0 Å². The lowest BCUT2D eigenvalue weighted by Crippen LogP contribution is -1.96. The van der Waals surface area contributed by atoms with E-state index >= 15 is 0 Å². The molecular weight excluding hydrogens is 240 g/mol. The van der Waals surface area contributed by atoms with Gasteiger partial charge in [-0.05, 0) is 62.3 Å². The number of benzene rings is 2. The van der Waals surface area contributed by atoms with Crippen molar-refractivity contribution >= 4 is 0 Å². The van der Waals surface area contributed by atoms with Crippen LogP contribution in [0.15, 0.2) is 54.6 Å². The predicted molar refractivity (Wildman–Crippen MR) is 88.3 cm³/mol. The minimum absolute atomic E-state index is 0.990. The van der Waals surface area contributed by atoms with Crippen molar-refractivity contribution < 1.29 is 0 Å². The van der Waals surface area contributed by atoms with Gasteiger partial charge >= 0.3 is 0 Å². The van der Waals surface area contributed by atoms with Gasteiger partial charge in [-0.15, -0.1) is 0 Å². The molecule has 0 aliphatic rings. The summed E-state index contributed by atoms with van der Waals surface area (Å²) in [4.78, 5) is 0. The Bertz CT molecular complexity index is 588. The zero-order chi connectivity index (χ0) is 14.5. The van der Waals surface area contributed by atoms with Crippen LogP contribution in [0, 0.1) is 13.8 Å². The highest BCUT2D eigenvalue weighted by Crippen LogP contribution is 2.16. The molecule has 0 radical (unpaired) electrons. The summed E-state index contributed by atoms with van der Waals surface area (Å²) in [5.41, 5.74) is 8.17. The highest BCUT2D eigenvalue weighted by molar-refractivity contribution is 5.34. The van der Waals surface area contributed by atoms with Crippen LogP contribution >= 0.6 is 0 Å². The molecule has 2 rings (SSSR count). The lowest BCUT2D eigenvalue weighted by atomic mass is 9.96. The second kappa shape index (κ2) is 6.56. The summed E-state index contributed by atoms with van der Waals surface area (Å²) in [7, 11) is 0. The van der Waals surface area contributed by atoms with Gasteiger partial charge in [0.05, 0.1) is 0 Å². The minimum Gasteiger partial charge on any atom is -0.0998 e. The van der Waals surface area contributed by atoms with E-state index in [2.05, 4.69) is 69.8 Å². The smallest absolute Gasteiger partial charge is 0.00699 e. The first kappa shape index (κ1) is 14.6. The Morgan fingerprint density at radius 1 is 0.900 bits per heavy atom. The van der Waals surface area contributed by atoms with E-state index in [1.165, 1.54) is 33.4 Å². The van der Waals surface area contributed by atoms with Crippen molar-refractivity contribution in [2.45, 2.75) is 40.0 Å². The van der Waals surface area contributed by atoms with Gasteiger partial charge in [0.2, 0.25) is 0 Å². The monoisotopic (exact) mass is 264 g/mol. The third kappa shape index (κ3) is 4.09. The molecule has 0 N–H and O–H groups in total. The quantitative estimate of drug-likeness (QED) is 0.650. The third-order valence-corrected chi connectivity index (χ3v) is 3.73. The van der Waals surface area contributed by atoms with Crippen molar-refractivity contribution in [1.82, 2.24) is 0 Å². The van der Waals surface area contributed by atoms with Crippen molar-refractivity contribution in [3.63, 3.8) is 0 Å². The Morgan fingerprint density at radius 3 is 2.15 bits per heavy atom. The Morgan fingerprint density at radius 2 is 1.50 bits per heavy atom. The van der Waals surface area contributed by atoms with Gasteiger partial charge in [-0.1, -0.05) is 60.2 Å². The molecule has 0 bridgehead atoms. The lowest BCUT2D eigenvalue weighted by Gasteiger charge is -2.09. The van der Waals surface area contributed by atoms with E-state index in [0.717, 1.165) is 19.3 Å². The van der Waals surface area contributed by atoms with Gasteiger partial charge in [0.1, 0.15) is 0 Å². The van der Waals surface area contributed by atoms with Gasteiger partial charge in [-0.2, -0.15) is 0 Å². The fourth-order valence-electron chi connectivity index (χ4n) is 2.44. The summed E-state index contributed by atoms with van der Waals surface area (Å²) in [5, 5.41) is 0. The molecule has 0 spiro atoms. The lowest BCUT2D eigenvalue weighted by molar-refractivity contribution is 0.951. The zero-order valence-electron chi connectivity index (χ0n) is 12.9. The second-order valence-electron chi connectivity index (χ2n) is 5.88. The van der Waals surface area contributed by atoms with Crippen LogP contribution in [0.4, 0.5) is 0 Å². The maximum atomic E-state index is 4.02. The molecule has 0 fully saturated rings. The zero-order valence-corrected chi connectivity index (χ0v) is 12.9. The van der Waals surface area contributed by atoms with Crippen LogP contribution < -0.4 is 0 Å². The van der Waals surface area contributed by atoms with E-state index in [9.17, 15) is 0 Å². The molecule has 0 saturated carbocycles. The standard InChI is InChI=1S/C20H24/c1-15(2)13-20-14-19(10-7-17(20)4)12-11-18-8-5-16(3)6-9-18/h5-10,14H,1,11-13H2,2-4H3. The molecule has 0 aliphatic carbocycles. The molecule has 0 aliphatic heterocycles. The molecule has 0 aromatic heterocycles. The van der Waals surface area contributed by atoms with Crippen molar-refractivity contribution in [3.05, 3.63) is 82.4 Å². The first-order chi connectivity index (χ1) is 9.54. The van der Waals surface area contributed by atoms with Crippen molar-refractivity contribution in [2.75, 3.05) is 0 Å². The molecule has 104 valence electrons. The third-order valence-electron chi connectivity index (χ3n) is 3.73. The Kier molecular flexibility index (Phi) is 4.79. The number of hydrogen-bond donors (Lipinski definition) is 0. The van der Waals surface area contributed by atoms with Gasteiger partial charge in [-0.25, -0.2) is 0 Å². The van der Waals surface area contributed by atoms with Crippen molar-refractivity contribution in [3.8, 4) is 0 Å². The fourth-order valence-corrected chi connectivity index (χ4v) is 2.44. The van der Waals surface area contributed by atoms with Crippen LogP contribution in [0.2, 0.25) is 0 Å². The second-order valence-corrected chi connectivity index (χ2v) is 5.88. The van der Waals surface area contributed by atoms with Gasteiger partial charge in [0, 0.05) is 0 Å². The average Bonchev–Trinajstić information content (AvgIpc) is 2.41. The Labute approximate surface area is 123 Å².